The van der Waals surface area contributed by atoms with Crippen LogP contribution in [-0.4, -0.2) is 36.9 Å². The summed E-state index contributed by atoms with van der Waals surface area (Å²) in [4.78, 5) is 27.8. The molecule has 0 unspecified atom stereocenters. The number of hydrogen-bond acceptors (Lipinski definition) is 5. The van der Waals surface area contributed by atoms with E-state index in [0.29, 0.717) is 18.0 Å². The van der Waals surface area contributed by atoms with Crippen LogP contribution in [0.15, 0.2) is 29.2 Å². The van der Waals surface area contributed by atoms with E-state index in [2.05, 4.69) is 5.32 Å². The Labute approximate surface area is 154 Å². The van der Waals surface area contributed by atoms with Crippen LogP contribution in [0.25, 0.3) is 0 Å². The van der Waals surface area contributed by atoms with Gasteiger partial charge in [0.25, 0.3) is 0 Å². The normalized spacial score (nSPS) is 15.7. The largest absolute Gasteiger partial charge is 0.443 e. The number of imide groups is 1. The van der Waals surface area contributed by atoms with Gasteiger partial charge in [-0.05, 0) is 83.1 Å². The Kier molecular flexibility index (Phi) is 6.90. The molecular formula is C19H28N2O3S. The van der Waals surface area contributed by atoms with Crippen LogP contribution in [0.5, 0.6) is 0 Å². The lowest BCUT2D eigenvalue weighted by molar-refractivity contribution is -0.119. The second-order valence-corrected chi connectivity index (χ2v) is 8.18. The molecule has 1 saturated heterocycles. The van der Waals surface area contributed by atoms with E-state index >= 15 is 0 Å². The van der Waals surface area contributed by atoms with Gasteiger partial charge in [0.05, 0.1) is 5.69 Å². The monoisotopic (exact) mass is 364 g/mol. The molecule has 0 atom stereocenters. The van der Waals surface area contributed by atoms with Gasteiger partial charge in [0, 0.05) is 11.3 Å². The Balaban J connectivity index is 2.20. The van der Waals surface area contributed by atoms with Gasteiger partial charge in [0.1, 0.15) is 5.60 Å². The van der Waals surface area contributed by atoms with E-state index in [9.17, 15) is 9.59 Å². The molecule has 1 aliphatic heterocycles. The topological polar surface area (TPSA) is 58.6 Å². The molecule has 2 rings (SSSR count). The van der Waals surface area contributed by atoms with Crippen molar-refractivity contribution in [2.75, 3.05) is 24.2 Å². The Hall–Kier alpha value is -1.53. The standard InChI is InChI=1S/C19H28N2O3S/c1-19(2,3)24-18(23)21(15-5-7-16(25-4)8-6-15)17(22)13-14-9-11-20-12-10-14/h5-8,14,20H,9-13H2,1-4H3. The first-order chi connectivity index (χ1) is 11.8. The van der Waals surface area contributed by atoms with Crippen LogP contribution in [0.3, 0.4) is 0 Å². The molecule has 0 aliphatic carbocycles. The first-order valence-electron chi connectivity index (χ1n) is 8.71. The summed E-state index contributed by atoms with van der Waals surface area (Å²) in [5.41, 5.74) is -0.0881. The van der Waals surface area contributed by atoms with E-state index in [0.717, 1.165) is 30.8 Å². The molecule has 1 aliphatic rings. The molecule has 1 fully saturated rings. The maximum atomic E-state index is 12.9. The van der Waals surface area contributed by atoms with Gasteiger partial charge < -0.3 is 10.1 Å². The molecule has 1 aromatic carbocycles. The number of anilines is 1. The summed E-state index contributed by atoms with van der Waals surface area (Å²) in [5, 5.41) is 3.30. The number of carbonyl (C=O) groups excluding carboxylic acids is 2. The van der Waals surface area contributed by atoms with Gasteiger partial charge in [0.2, 0.25) is 5.91 Å². The highest BCUT2D eigenvalue weighted by atomic mass is 32.2. The summed E-state index contributed by atoms with van der Waals surface area (Å²) in [6, 6.07) is 7.43. The number of piperidine rings is 1. The number of ether oxygens (including phenoxy) is 1. The average molecular weight is 365 g/mol. The molecule has 5 nitrogen and oxygen atoms in total. The van der Waals surface area contributed by atoms with Gasteiger partial charge in [-0.25, -0.2) is 9.69 Å². The van der Waals surface area contributed by atoms with E-state index in [1.807, 2.05) is 18.4 Å². The zero-order valence-electron chi connectivity index (χ0n) is 15.5. The predicted octanol–water partition coefficient (Wildman–Crippen LogP) is 4.07. The SMILES string of the molecule is CSc1ccc(N(C(=O)CC2CCNCC2)C(=O)OC(C)(C)C)cc1. The number of rotatable bonds is 4. The number of carbonyl (C=O) groups is 2. The predicted molar refractivity (Wildman–Crippen MR) is 102 cm³/mol. The smallest absolute Gasteiger partial charge is 0.421 e. The summed E-state index contributed by atoms with van der Waals surface area (Å²) in [6.07, 6.45) is 3.66. The third-order valence-corrected chi connectivity index (χ3v) is 4.82. The van der Waals surface area contributed by atoms with Gasteiger partial charge >= 0.3 is 6.09 Å². The number of nitrogens with zero attached hydrogens (tertiary/aromatic N) is 1. The van der Waals surface area contributed by atoms with Crippen LogP contribution in [0.4, 0.5) is 10.5 Å². The van der Waals surface area contributed by atoms with Gasteiger partial charge in [-0.1, -0.05) is 0 Å². The van der Waals surface area contributed by atoms with Crippen LogP contribution in [-0.2, 0) is 9.53 Å². The molecule has 0 radical (unpaired) electrons. The molecule has 25 heavy (non-hydrogen) atoms. The number of amides is 2. The van der Waals surface area contributed by atoms with Crippen LogP contribution in [0.1, 0.15) is 40.0 Å². The second-order valence-electron chi connectivity index (χ2n) is 7.31. The highest BCUT2D eigenvalue weighted by Crippen LogP contribution is 2.25. The van der Waals surface area contributed by atoms with Crippen LogP contribution in [0.2, 0.25) is 0 Å². The van der Waals surface area contributed by atoms with Crippen molar-refractivity contribution in [1.82, 2.24) is 5.32 Å². The minimum absolute atomic E-state index is 0.196. The van der Waals surface area contributed by atoms with Gasteiger partial charge in [-0.15, -0.1) is 11.8 Å². The lowest BCUT2D eigenvalue weighted by Crippen LogP contribution is -2.42. The Morgan fingerprint density at radius 1 is 1.20 bits per heavy atom. The molecular weight excluding hydrogens is 336 g/mol. The van der Waals surface area contributed by atoms with Crippen molar-refractivity contribution in [2.45, 2.75) is 50.5 Å². The molecule has 138 valence electrons. The van der Waals surface area contributed by atoms with Crippen LogP contribution < -0.4 is 10.2 Å². The fourth-order valence-corrected chi connectivity index (χ4v) is 3.22. The minimum Gasteiger partial charge on any atom is -0.443 e. The quantitative estimate of drug-likeness (QED) is 0.816. The zero-order chi connectivity index (χ0) is 18.4. The molecule has 0 saturated carbocycles. The number of nitrogens with one attached hydrogen (secondary N) is 1. The fraction of sp³-hybridized carbons (Fsp3) is 0.579. The van der Waals surface area contributed by atoms with E-state index in [1.165, 1.54) is 4.90 Å². The molecule has 0 spiro atoms. The fourth-order valence-electron chi connectivity index (χ4n) is 2.81. The Morgan fingerprint density at radius 3 is 2.32 bits per heavy atom. The van der Waals surface area contributed by atoms with Crippen molar-refractivity contribution >= 4 is 29.4 Å². The molecule has 6 heteroatoms. The molecule has 2 amide bonds. The van der Waals surface area contributed by atoms with Crippen molar-refractivity contribution in [3.63, 3.8) is 0 Å². The first kappa shape index (κ1) is 19.8. The first-order valence-corrected chi connectivity index (χ1v) is 9.93. The molecule has 1 heterocycles. The zero-order valence-corrected chi connectivity index (χ0v) is 16.3. The van der Waals surface area contributed by atoms with Crippen molar-refractivity contribution in [1.29, 1.82) is 0 Å². The maximum Gasteiger partial charge on any atom is 0.421 e. The van der Waals surface area contributed by atoms with E-state index in [4.69, 9.17) is 4.74 Å². The molecule has 0 bridgehead atoms. The number of hydrogen-bond donors (Lipinski definition) is 1. The van der Waals surface area contributed by atoms with Crippen LogP contribution in [0, 0.1) is 5.92 Å². The van der Waals surface area contributed by atoms with E-state index in [1.54, 1.807) is 44.7 Å². The summed E-state index contributed by atoms with van der Waals surface area (Å²) >= 11 is 1.62. The van der Waals surface area contributed by atoms with Crippen molar-refractivity contribution < 1.29 is 14.3 Å². The second kappa shape index (κ2) is 8.72. The summed E-state index contributed by atoms with van der Waals surface area (Å²) < 4.78 is 5.47. The van der Waals surface area contributed by atoms with E-state index in [-0.39, 0.29) is 5.91 Å². The van der Waals surface area contributed by atoms with Gasteiger partial charge in [-0.2, -0.15) is 0 Å². The van der Waals surface area contributed by atoms with Gasteiger partial charge in [0.15, 0.2) is 0 Å². The lowest BCUT2D eigenvalue weighted by Gasteiger charge is -2.28. The minimum atomic E-state index is -0.649. The third kappa shape index (κ3) is 6.04. The summed E-state index contributed by atoms with van der Waals surface area (Å²) in [7, 11) is 0. The Bertz CT molecular complexity index is 590. The van der Waals surface area contributed by atoms with Crippen LogP contribution >= 0.6 is 11.8 Å². The maximum absolute atomic E-state index is 12.9. The number of benzene rings is 1. The summed E-state index contributed by atoms with van der Waals surface area (Å²) in [6.45, 7) is 7.26. The summed E-state index contributed by atoms with van der Waals surface area (Å²) in [5.74, 6) is 0.113. The molecule has 0 aromatic heterocycles. The van der Waals surface area contributed by atoms with Gasteiger partial charge in [-0.3, -0.25) is 4.79 Å². The average Bonchev–Trinajstić information content (AvgIpc) is 2.55. The van der Waals surface area contributed by atoms with Crippen molar-refractivity contribution in [2.24, 2.45) is 5.92 Å². The molecule has 1 aromatic rings. The number of thioether (sulfide) groups is 1. The lowest BCUT2D eigenvalue weighted by atomic mass is 9.94. The van der Waals surface area contributed by atoms with Crippen molar-refractivity contribution in [3.05, 3.63) is 24.3 Å². The highest BCUT2D eigenvalue weighted by Gasteiger charge is 2.30. The van der Waals surface area contributed by atoms with E-state index < -0.39 is 11.7 Å². The Morgan fingerprint density at radius 2 is 1.80 bits per heavy atom. The highest BCUT2D eigenvalue weighted by molar-refractivity contribution is 7.98. The third-order valence-electron chi connectivity index (χ3n) is 4.08. The molecule has 1 N–H and O–H groups in total. The van der Waals surface area contributed by atoms with Crippen molar-refractivity contribution in [3.8, 4) is 0 Å².